The van der Waals surface area contributed by atoms with Crippen molar-refractivity contribution in [3.05, 3.63) is 48.3 Å². The van der Waals surface area contributed by atoms with Crippen molar-refractivity contribution in [2.45, 2.75) is 32.4 Å². The van der Waals surface area contributed by atoms with Gasteiger partial charge < -0.3 is 10.1 Å². The highest BCUT2D eigenvalue weighted by Gasteiger charge is 2.15. The van der Waals surface area contributed by atoms with E-state index in [-0.39, 0.29) is 5.60 Å². The van der Waals surface area contributed by atoms with E-state index in [0.717, 1.165) is 25.2 Å². The third-order valence-corrected chi connectivity index (χ3v) is 3.51. The SMILES string of the molecule is COC(C)(C)CCNCc1ccccc1-n1cccn1. The second kappa shape index (κ2) is 6.68. The Bertz CT molecular complexity index is 520. The Kier molecular flexibility index (Phi) is 4.93. The Labute approximate surface area is 120 Å². The second-order valence-electron chi connectivity index (χ2n) is 5.47. The standard InChI is InChI=1S/C16H23N3O/c1-16(2,20-3)9-11-17-13-14-7-4-5-8-15(14)19-12-6-10-18-19/h4-8,10,12,17H,9,11,13H2,1-3H3. The summed E-state index contributed by atoms with van der Waals surface area (Å²) in [7, 11) is 1.76. The van der Waals surface area contributed by atoms with Crippen LogP contribution in [0.15, 0.2) is 42.7 Å². The molecule has 4 nitrogen and oxygen atoms in total. The molecule has 20 heavy (non-hydrogen) atoms. The number of para-hydroxylation sites is 1. The number of rotatable bonds is 7. The van der Waals surface area contributed by atoms with E-state index >= 15 is 0 Å². The second-order valence-corrected chi connectivity index (χ2v) is 5.47. The Morgan fingerprint density at radius 1 is 1.25 bits per heavy atom. The van der Waals surface area contributed by atoms with Crippen LogP contribution in [0.5, 0.6) is 0 Å². The highest BCUT2D eigenvalue weighted by atomic mass is 16.5. The number of ether oxygens (including phenoxy) is 1. The van der Waals surface area contributed by atoms with Crippen LogP contribution in [0.25, 0.3) is 5.69 Å². The highest BCUT2D eigenvalue weighted by Crippen LogP contribution is 2.14. The molecule has 0 radical (unpaired) electrons. The molecule has 0 aliphatic heterocycles. The van der Waals surface area contributed by atoms with Crippen LogP contribution in [0, 0.1) is 0 Å². The van der Waals surface area contributed by atoms with Gasteiger partial charge in [-0.3, -0.25) is 0 Å². The van der Waals surface area contributed by atoms with E-state index in [4.69, 9.17) is 4.74 Å². The molecule has 108 valence electrons. The normalized spacial score (nSPS) is 11.8. The van der Waals surface area contributed by atoms with Gasteiger partial charge in [0.05, 0.1) is 11.3 Å². The summed E-state index contributed by atoms with van der Waals surface area (Å²) in [6.45, 7) is 5.96. The molecule has 0 amide bonds. The molecular weight excluding hydrogens is 250 g/mol. The number of hydrogen-bond donors (Lipinski definition) is 1. The maximum atomic E-state index is 5.42. The predicted octanol–water partition coefficient (Wildman–Crippen LogP) is 2.78. The number of hydrogen-bond acceptors (Lipinski definition) is 3. The van der Waals surface area contributed by atoms with Gasteiger partial charge >= 0.3 is 0 Å². The van der Waals surface area contributed by atoms with E-state index in [2.05, 4.69) is 42.5 Å². The van der Waals surface area contributed by atoms with Crippen molar-refractivity contribution >= 4 is 0 Å². The topological polar surface area (TPSA) is 39.1 Å². The van der Waals surface area contributed by atoms with E-state index in [0.29, 0.717) is 0 Å². The van der Waals surface area contributed by atoms with Crippen molar-refractivity contribution in [3.8, 4) is 5.69 Å². The molecule has 1 heterocycles. The van der Waals surface area contributed by atoms with Gasteiger partial charge in [0, 0.05) is 26.0 Å². The minimum Gasteiger partial charge on any atom is -0.379 e. The Morgan fingerprint density at radius 2 is 2.05 bits per heavy atom. The lowest BCUT2D eigenvalue weighted by molar-refractivity contribution is 0.0158. The van der Waals surface area contributed by atoms with Crippen molar-refractivity contribution in [1.29, 1.82) is 0 Å². The summed E-state index contributed by atoms with van der Waals surface area (Å²) in [5.41, 5.74) is 2.29. The summed E-state index contributed by atoms with van der Waals surface area (Å²) >= 11 is 0. The van der Waals surface area contributed by atoms with E-state index in [1.807, 2.05) is 23.0 Å². The van der Waals surface area contributed by atoms with Crippen LogP contribution in [-0.4, -0.2) is 29.0 Å². The van der Waals surface area contributed by atoms with Crippen LogP contribution < -0.4 is 5.32 Å². The van der Waals surface area contributed by atoms with Crippen LogP contribution in [0.4, 0.5) is 0 Å². The fraction of sp³-hybridized carbons (Fsp3) is 0.438. The quantitative estimate of drug-likeness (QED) is 0.788. The first-order chi connectivity index (χ1) is 9.62. The van der Waals surface area contributed by atoms with E-state index < -0.39 is 0 Å². The maximum Gasteiger partial charge on any atom is 0.0690 e. The predicted molar refractivity (Wildman–Crippen MR) is 81.0 cm³/mol. The molecule has 0 atom stereocenters. The molecule has 2 aromatic rings. The highest BCUT2D eigenvalue weighted by molar-refractivity contribution is 5.40. The zero-order valence-corrected chi connectivity index (χ0v) is 12.5. The average molecular weight is 273 g/mol. The molecule has 0 aliphatic rings. The summed E-state index contributed by atoms with van der Waals surface area (Å²) in [5.74, 6) is 0. The number of methoxy groups -OCH3 is 1. The Balaban J connectivity index is 1.94. The third kappa shape index (κ3) is 3.92. The molecule has 2 rings (SSSR count). The third-order valence-electron chi connectivity index (χ3n) is 3.51. The van der Waals surface area contributed by atoms with Crippen molar-refractivity contribution in [2.75, 3.05) is 13.7 Å². The smallest absolute Gasteiger partial charge is 0.0690 e. The number of nitrogens with zero attached hydrogens (tertiary/aromatic N) is 2. The summed E-state index contributed by atoms with van der Waals surface area (Å²) in [6.07, 6.45) is 4.74. The van der Waals surface area contributed by atoms with E-state index in [1.165, 1.54) is 5.56 Å². The van der Waals surface area contributed by atoms with Crippen molar-refractivity contribution < 1.29 is 4.74 Å². The van der Waals surface area contributed by atoms with Crippen molar-refractivity contribution in [2.24, 2.45) is 0 Å². The first-order valence-electron chi connectivity index (χ1n) is 6.96. The molecule has 0 unspecified atom stereocenters. The monoisotopic (exact) mass is 273 g/mol. The molecule has 0 bridgehead atoms. The molecule has 0 aliphatic carbocycles. The lowest BCUT2D eigenvalue weighted by Crippen LogP contribution is -2.28. The first kappa shape index (κ1) is 14.8. The lowest BCUT2D eigenvalue weighted by Gasteiger charge is -2.23. The molecule has 0 saturated heterocycles. The van der Waals surface area contributed by atoms with Gasteiger partial charge in [0.25, 0.3) is 0 Å². The summed E-state index contributed by atoms with van der Waals surface area (Å²) in [5, 5.41) is 7.77. The Morgan fingerprint density at radius 3 is 2.75 bits per heavy atom. The van der Waals surface area contributed by atoms with E-state index in [9.17, 15) is 0 Å². The minimum atomic E-state index is -0.0749. The summed E-state index contributed by atoms with van der Waals surface area (Å²) in [4.78, 5) is 0. The van der Waals surface area contributed by atoms with Crippen molar-refractivity contribution in [1.82, 2.24) is 15.1 Å². The van der Waals surface area contributed by atoms with Gasteiger partial charge in [-0.05, 0) is 44.5 Å². The molecular formula is C16H23N3O. The fourth-order valence-corrected chi connectivity index (χ4v) is 2.01. The van der Waals surface area contributed by atoms with Gasteiger partial charge in [-0.25, -0.2) is 4.68 Å². The van der Waals surface area contributed by atoms with Gasteiger partial charge in [-0.2, -0.15) is 5.10 Å². The molecule has 1 aromatic carbocycles. The Hall–Kier alpha value is -1.65. The molecule has 1 N–H and O–H groups in total. The summed E-state index contributed by atoms with van der Waals surface area (Å²) in [6, 6.07) is 10.2. The van der Waals surface area contributed by atoms with Crippen LogP contribution in [-0.2, 0) is 11.3 Å². The van der Waals surface area contributed by atoms with E-state index in [1.54, 1.807) is 13.3 Å². The van der Waals surface area contributed by atoms with Gasteiger partial charge in [-0.1, -0.05) is 18.2 Å². The minimum absolute atomic E-state index is 0.0749. The fourth-order valence-electron chi connectivity index (χ4n) is 2.01. The van der Waals surface area contributed by atoms with Crippen LogP contribution in [0.2, 0.25) is 0 Å². The molecule has 0 saturated carbocycles. The van der Waals surface area contributed by atoms with Crippen LogP contribution >= 0.6 is 0 Å². The average Bonchev–Trinajstić information content (AvgIpc) is 2.98. The zero-order chi connectivity index (χ0) is 14.4. The first-order valence-corrected chi connectivity index (χ1v) is 6.96. The number of benzene rings is 1. The van der Waals surface area contributed by atoms with Crippen molar-refractivity contribution in [3.63, 3.8) is 0 Å². The lowest BCUT2D eigenvalue weighted by atomic mass is 10.1. The van der Waals surface area contributed by atoms with Gasteiger partial charge in [0.2, 0.25) is 0 Å². The molecule has 0 fully saturated rings. The zero-order valence-electron chi connectivity index (χ0n) is 12.5. The number of nitrogens with one attached hydrogen (secondary N) is 1. The van der Waals surface area contributed by atoms with Crippen LogP contribution in [0.3, 0.4) is 0 Å². The molecule has 1 aromatic heterocycles. The molecule has 4 heteroatoms. The molecule has 0 spiro atoms. The largest absolute Gasteiger partial charge is 0.379 e. The van der Waals surface area contributed by atoms with Crippen LogP contribution in [0.1, 0.15) is 25.8 Å². The summed E-state index contributed by atoms with van der Waals surface area (Å²) < 4.78 is 7.32. The van der Waals surface area contributed by atoms with Gasteiger partial charge in [-0.15, -0.1) is 0 Å². The number of aromatic nitrogens is 2. The maximum absolute atomic E-state index is 5.42. The van der Waals surface area contributed by atoms with Gasteiger partial charge in [0.15, 0.2) is 0 Å². The van der Waals surface area contributed by atoms with Gasteiger partial charge in [0.1, 0.15) is 0 Å².